The van der Waals surface area contributed by atoms with Crippen molar-refractivity contribution >= 4 is 17.4 Å². The highest BCUT2D eigenvalue weighted by Crippen LogP contribution is 2.23. The SMILES string of the molecule is CCOc1ccccc1CNC(=O)C1CCN(c2ccc3nnc(C)n3n2)CC1. The van der Waals surface area contributed by atoms with Gasteiger partial charge in [-0.05, 0) is 44.9 Å². The van der Waals surface area contributed by atoms with Crippen molar-refractivity contribution in [2.45, 2.75) is 33.2 Å². The first-order valence-corrected chi connectivity index (χ1v) is 10.1. The van der Waals surface area contributed by atoms with Crippen LogP contribution in [0.5, 0.6) is 5.75 Å². The number of benzene rings is 1. The predicted molar refractivity (Wildman–Crippen MR) is 110 cm³/mol. The topological polar surface area (TPSA) is 84.6 Å². The number of nitrogens with one attached hydrogen (secondary N) is 1. The van der Waals surface area contributed by atoms with Crippen LogP contribution in [0.4, 0.5) is 5.82 Å². The van der Waals surface area contributed by atoms with E-state index in [-0.39, 0.29) is 11.8 Å². The highest BCUT2D eigenvalue weighted by molar-refractivity contribution is 5.79. The van der Waals surface area contributed by atoms with Crippen LogP contribution in [0.3, 0.4) is 0 Å². The molecule has 0 saturated carbocycles. The molecule has 0 radical (unpaired) electrons. The van der Waals surface area contributed by atoms with Gasteiger partial charge in [0.15, 0.2) is 11.5 Å². The molecule has 1 N–H and O–H groups in total. The Hall–Kier alpha value is -3.16. The lowest BCUT2D eigenvalue weighted by molar-refractivity contribution is -0.125. The number of anilines is 1. The van der Waals surface area contributed by atoms with E-state index in [4.69, 9.17) is 4.74 Å². The Morgan fingerprint density at radius 1 is 1.17 bits per heavy atom. The van der Waals surface area contributed by atoms with Gasteiger partial charge in [-0.1, -0.05) is 18.2 Å². The third-order valence-electron chi connectivity index (χ3n) is 5.32. The number of aromatic nitrogens is 4. The Morgan fingerprint density at radius 3 is 2.76 bits per heavy atom. The van der Waals surface area contributed by atoms with Crippen molar-refractivity contribution < 1.29 is 9.53 Å². The number of amides is 1. The molecule has 29 heavy (non-hydrogen) atoms. The zero-order chi connectivity index (χ0) is 20.2. The smallest absolute Gasteiger partial charge is 0.223 e. The summed E-state index contributed by atoms with van der Waals surface area (Å²) in [6, 6.07) is 11.7. The lowest BCUT2D eigenvalue weighted by Gasteiger charge is -2.32. The number of fused-ring (bicyclic) bond motifs is 1. The van der Waals surface area contributed by atoms with E-state index in [2.05, 4.69) is 25.5 Å². The Balaban J connectivity index is 1.33. The van der Waals surface area contributed by atoms with Gasteiger partial charge in [0, 0.05) is 31.1 Å². The molecule has 0 bridgehead atoms. The number of nitrogens with zero attached hydrogens (tertiary/aromatic N) is 5. The number of aryl methyl sites for hydroxylation is 1. The molecule has 152 valence electrons. The first-order valence-electron chi connectivity index (χ1n) is 10.1. The number of ether oxygens (including phenoxy) is 1. The number of hydrogen-bond donors (Lipinski definition) is 1. The average molecular weight is 394 g/mol. The van der Waals surface area contributed by atoms with Crippen LogP contribution in [0.2, 0.25) is 0 Å². The van der Waals surface area contributed by atoms with Crippen molar-refractivity contribution in [1.82, 2.24) is 25.1 Å². The molecule has 3 heterocycles. The molecule has 2 aromatic heterocycles. The second kappa shape index (κ2) is 8.46. The summed E-state index contributed by atoms with van der Waals surface area (Å²) < 4.78 is 7.39. The van der Waals surface area contributed by atoms with Gasteiger partial charge in [0.2, 0.25) is 5.91 Å². The minimum atomic E-state index is 0.0193. The average Bonchev–Trinajstić information content (AvgIpc) is 3.13. The number of carbonyl (C=O) groups excluding carboxylic acids is 1. The summed E-state index contributed by atoms with van der Waals surface area (Å²) in [6.45, 7) is 6.54. The van der Waals surface area contributed by atoms with Crippen LogP contribution in [0.25, 0.3) is 5.65 Å². The normalized spacial score (nSPS) is 14.9. The molecule has 1 aliphatic heterocycles. The van der Waals surface area contributed by atoms with Crippen molar-refractivity contribution in [3.63, 3.8) is 0 Å². The number of piperidine rings is 1. The van der Waals surface area contributed by atoms with Crippen LogP contribution in [-0.4, -0.2) is 45.4 Å². The summed E-state index contributed by atoms with van der Waals surface area (Å²) in [7, 11) is 0. The summed E-state index contributed by atoms with van der Waals surface area (Å²) in [5, 5.41) is 15.8. The fourth-order valence-electron chi connectivity index (χ4n) is 3.70. The first kappa shape index (κ1) is 19.2. The maximum Gasteiger partial charge on any atom is 0.223 e. The highest BCUT2D eigenvalue weighted by atomic mass is 16.5. The molecule has 0 aliphatic carbocycles. The van der Waals surface area contributed by atoms with Crippen LogP contribution >= 0.6 is 0 Å². The van der Waals surface area contributed by atoms with E-state index in [1.807, 2.05) is 50.2 Å². The van der Waals surface area contributed by atoms with Crippen LogP contribution in [-0.2, 0) is 11.3 Å². The lowest BCUT2D eigenvalue weighted by atomic mass is 9.96. The highest BCUT2D eigenvalue weighted by Gasteiger charge is 2.26. The van der Waals surface area contributed by atoms with E-state index in [9.17, 15) is 4.79 Å². The third kappa shape index (κ3) is 4.16. The molecule has 0 unspecified atom stereocenters. The Kier molecular flexibility index (Phi) is 5.59. The second-order valence-electron chi connectivity index (χ2n) is 7.23. The largest absolute Gasteiger partial charge is 0.494 e. The molecular formula is C21H26N6O2. The zero-order valence-electron chi connectivity index (χ0n) is 16.8. The molecule has 1 saturated heterocycles. The molecular weight excluding hydrogens is 368 g/mol. The Bertz CT molecular complexity index is 994. The summed E-state index contributed by atoms with van der Waals surface area (Å²) in [6.07, 6.45) is 1.61. The van der Waals surface area contributed by atoms with Gasteiger partial charge in [0.1, 0.15) is 11.6 Å². The molecule has 8 heteroatoms. The second-order valence-corrected chi connectivity index (χ2v) is 7.23. The summed E-state index contributed by atoms with van der Waals surface area (Å²) >= 11 is 0. The molecule has 3 aromatic rings. The first-order chi connectivity index (χ1) is 14.2. The molecule has 1 fully saturated rings. The molecule has 1 aliphatic rings. The van der Waals surface area contributed by atoms with E-state index in [0.717, 1.165) is 54.5 Å². The molecule has 4 rings (SSSR count). The molecule has 8 nitrogen and oxygen atoms in total. The quantitative estimate of drug-likeness (QED) is 0.691. The summed E-state index contributed by atoms with van der Waals surface area (Å²) in [5.41, 5.74) is 1.75. The van der Waals surface area contributed by atoms with E-state index < -0.39 is 0 Å². The van der Waals surface area contributed by atoms with E-state index in [0.29, 0.717) is 13.2 Å². The van der Waals surface area contributed by atoms with Crippen molar-refractivity contribution in [2.75, 3.05) is 24.6 Å². The number of hydrogen-bond acceptors (Lipinski definition) is 6. The number of para-hydroxylation sites is 1. The maximum atomic E-state index is 12.7. The lowest BCUT2D eigenvalue weighted by Crippen LogP contribution is -2.40. The van der Waals surface area contributed by atoms with Crippen molar-refractivity contribution in [3.05, 3.63) is 47.8 Å². The summed E-state index contributed by atoms with van der Waals surface area (Å²) in [5.74, 6) is 2.61. The monoisotopic (exact) mass is 394 g/mol. The van der Waals surface area contributed by atoms with Gasteiger partial charge in [-0.3, -0.25) is 4.79 Å². The maximum absolute atomic E-state index is 12.7. The molecule has 1 amide bonds. The fraction of sp³-hybridized carbons (Fsp3) is 0.429. The minimum absolute atomic E-state index is 0.0193. The van der Waals surface area contributed by atoms with Gasteiger partial charge in [-0.25, -0.2) is 0 Å². The van der Waals surface area contributed by atoms with E-state index >= 15 is 0 Å². The van der Waals surface area contributed by atoms with Gasteiger partial charge in [-0.15, -0.1) is 15.3 Å². The van der Waals surface area contributed by atoms with Gasteiger partial charge < -0.3 is 15.0 Å². The fourth-order valence-corrected chi connectivity index (χ4v) is 3.70. The Labute approximate surface area is 169 Å². The number of carbonyl (C=O) groups is 1. The number of rotatable bonds is 6. The predicted octanol–water partition coefficient (Wildman–Crippen LogP) is 2.36. The van der Waals surface area contributed by atoms with Crippen LogP contribution in [0.15, 0.2) is 36.4 Å². The van der Waals surface area contributed by atoms with Crippen LogP contribution < -0.4 is 15.0 Å². The molecule has 0 spiro atoms. The van der Waals surface area contributed by atoms with Gasteiger partial charge >= 0.3 is 0 Å². The van der Waals surface area contributed by atoms with Crippen molar-refractivity contribution in [3.8, 4) is 5.75 Å². The van der Waals surface area contributed by atoms with Crippen LogP contribution in [0, 0.1) is 12.8 Å². The molecule has 0 atom stereocenters. The minimum Gasteiger partial charge on any atom is -0.494 e. The standard InChI is InChI=1S/C21H26N6O2/c1-3-29-18-7-5-4-6-17(18)14-22-21(28)16-10-12-26(13-11-16)20-9-8-19-24-23-15(2)27(19)25-20/h4-9,16H,3,10-14H2,1-2H3,(H,22,28). The van der Waals surface area contributed by atoms with Gasteiger partial charge in [-0.2, -0.15) is 4.52 Å². The Morgan fingerprint density at radius 2 is 1.97 bits per heavy atom. The summed E-state index contributed by atoms with van der Waals surface area (Å²) in [4.78, 5) is 14.9. The zero-order valence-corrected chi connectivity index (χ0v) is 16.8. The van der Waals surface area contributed by atoms with Crippen LogP contribution in [0.1, 0.15) is 31.2 Å². The van der Waals surface area contributed by atoms with Crippen molar-refractivity contribution in [1.29, 1.82) is 0 Å². The van der Waals surface area contributed by atoms with E-state index in [1.54, 1.807) is 4.52 Å². The van der Waals surface area contributed by atoms with Gasteiger partial charge in [0.05, 0.1) is 6.61 Å². The van der Waals surface area contributed by atoms with Gasteiger partial charge in [0.25, 0.3) is 0 Å². The molecule has 1 aromatic carbocycles. The van der Waals surface area contributed by atoms with Crippen molar-refractivity contribution in [2.24, 2.45) is 5.92 Å². The van der Waals surface area contributed by atoms with E-state index in [1.165, 1.54) is 0 Å². The third-order valence-corrected chi connectivity index (χ3v) is 5.32.